The normalized spacial score (nSPS) is 10.9. The first kappa shape index (κ1) is 27.7. The van der Waals surface area contributed by atoms with Gasteiger partial charge in [0.05, 0.1) is 10.7 Å². The second kappa shape index (κ2) is 12.4. The molecule has 8 heteroatoms. The van der Waals surface area contributed by atoms with E-state index in [2.05, 4.69) is 33.2 Å². The van der Waals surface area contributed by atoms with Gasteiger partial charge in [-0.1, -0.05) is 35.4 Å². The molecule has 0 aliphatic rings. The van der Waals surface area contributed by atoms with Crippen LogP contribution in [-0.4, -0.2) is 25.5 Å². The van der Waals surface area contributed by atoms with Crippen molar-refractivity contribution in [2.24, 2.45) is 0 Å². The van der Waals surface area contributed by atoms with Crippen LogP contribution in [0.3, 0.4) is 0 Å². The summed E-state index contributed by atoms with van der Waals surface area (Å²) in [6.45, 7) is 7.58. The largest absolute Gasteiger partial charge is 0.493 e. The van der Waals surface area contributed by atoms with Gasteiger partial charge in [0, 0.05) is 11.4 Å². The second-order valence-corrected chi connectivity index (χ2v) is 9.79. The van der Waals surface area contributed by atoms with Crippen molar-refractivity contribution in [2.45, 2.75) is 27.7 Å². The number of amides is 2. The van der Waals surface area contributed by atoms with Gasteiger partial charge in [0.15, 0.2) is 18.1 Å². The van der Waals surface area contributed by atoms with Crippen LogP contribution in [-0.2, 0) is 9.59 Å². The number of nitrogens with one attached hydrogen (secondary N) is 2. The van der Waals surface area contributed by atoms with E-state index in [0.29, 0.717) is 26.3 Å². The summed E-state index contributed by atoms with van der Waals surface area (Å²) >= 11 is 2.07. The van der Waals surface area contributed by atoms with E-state index in [1.165, 1.54) is 13.2 Å². The maximum absolute atomic E-state index is 12.8. The van der Waals surface area contributed by atoms with Gasteiger partial charge in [0.2, 0.25) is 0 Å². The number of aryl methyl sites for hydroxylation is 4. The summed E-state index contributed by atoms with van der Waals surface area (Å²) in [6, 6.07) is 16.8. The molecule has 37 heavy (non-hydrogen) atoms. The highest BCUT2D eigenvalue weighted by atomic mass is 127. The topological polar surface area (TPSA) is 100 Å². The first-order valence-electron chi connectivity index (χ1n) is 11.5. The number of benzene rings is 3. The molecular formula is C29H28IN3O4. The van der Waals surface area contributed by atoms with Crippen molar-refractivity contribution in [1.29, 1.82) is 5.26 Å². The number of hydrogen-bond acceptors (Lipinski definition) is 5. The molecule has 7 nitrogen and oxygen atoms in total. The van der Waals surface area contributed by atoms with Crippen molar-refractivity contribution in [3.8, 4) is 17.6 Å². The molecule has 0 bridgehead atoms. The van der Waals surface area contributed by atoms with Gasteiger partial charge in [-0.15, -0.1) is 0 Å². The molecule has 0 spiro atoms. The van der Waals surface area contributed by atoms with Gasteiger partial charge in [-0.3, -0.25) is 9.59 Å². The molecule has 0 saturated carbocycles. The van der Waals surface area contributed by atoms with Crippen LogP contribution in [0.4, 0.5) is 11.4 Å². The molecule has 2 amide bonds. The zero-order valence-corrected chi connectivity index (χ0v) is 23.5. The van der Waals surface area contributed by atoms with Gasteiger partial charge in [-0.25, -0.2) is 0 Å². The number of nitriles is 1. The van der Waals surface area contributed by atoms with Crippen molar-refractivity contribution < 1.29 is 19.1 Å². The van der Waals surface area contributed by atoms with Crippen LogP contribution < -0.4 is 20.1 Å². The minimum absolute atomic E-state index is 0.0562. The zero-order valence-electron chi connectivity index (χ0n) is 21.4. The van der Waals surface area contributed by atoms with E-state index in [1.807, 2.05) is 70.2 Å². The van der Waals surface area contributed by atoms with Crippen LogP contribution in [0.5, 0.6) is 11.5 Å². The molecule has 0 aliphatic heterocycles. The smallest absolute Gasteiger partial charge is 0.266 e. The maximum Gasteiger partial charge on any atom is 0.266 e. The Bertz CT molecular complexity index is 1420. The van der Waals surface area contributed by atoms with Crippen LogP contribution in [0.25, 0.3) is 6.08 Å². The van der Waals surface area contributed by atoms with E-state index in [4.69, 9.17) is 9.47 Å². The molecule has 0 atom stereocenters. The average molecular weight is 609 g/mol. The summed E-state index contributed by atoms with van der Waals surface area (Å²) in [5.41, 5.74) is 5.97. The number of hydrogen-bond donors (Lipinski definition) is 2. The van der Waals surface area contributed by atoms with Crippen LogP contribution in [0.1, 0.15) is 27.8 Å². The van der Waals surface area contributed by atoms with Gasteiger partial charge in [0.1, 0.15) is 11.6 Å². The quantitative estimate of drug-likeness (QED) is 0.183. The molecule has 0 aliphatic carbocycles. The number of carbonyl (C=O) groups is 2. The highest BCUT2D eigenvalue weighted by Gasteiger charge is 2.16. The molecule has 0 saturated heterocycles. The van der Waals surface area contributed by atoms with E-state index in [9.17, 15) is 14.9 Å². The van der Waals surface area contributed by atoms with Crippen molar-refractivity contribution in [3.63, 3.8) is 0 Å². The molecule has 0 radical (unpaired) electrons. The summed E-state index contributed by atoms with van der Waals surface area (Å²) < 4.78 is 11.9. The third-order valence-corrected chi connectivity index (χ3v) is 6.36. The highest BCUT2D eigenvalue weighted by Crippen LogP contribution is 2.35. The third kappa shape index (κ3) is 7.33. The van der Waals surface area contributed by atoms with Crippen molar-refractivity contribution >= 4 is 51.9 Å². The fourth-order valence-corrected chi connectivity index (χ4v) is 4.48. The number of methoxy groups -OCH3 is 1. The number of ether oxygens (including phenoxy) is 2. The minimum Gasteiger partial charge on any atom is -0.493 e. The number of rotatable bonds is 8. The van der Waals surface area contributed by atoms with Gasteiger partial charge < -0.3 is 20.1 Å². The molecule has 0 unspecified atom stereocenters. The molecule has 0 fully saturated rings. The molecule has 3 rings (SSSR count). The molecular weight excluding hydrogens is 581 g/mol. The predicted molar refractivity (Wildman–Crippen MR) is 154 cm³/mol. The predicted octanol–water partition coefficient (Wildman–Crippen LogP) is 6.10. The van der Waals surface area contributed by atoms with Gasteiger partial charge in [-0.05, 0) is 97.3 Å². The van der Waals surface area contributed by atoms with E-state index < -0.39 is 5.91 Å². The third-order valence-electron chi connectivity index (χ3n) is 5.56. The number of carbonyl (C=O) groups excluding carboxylic acids is 2. The monoisotopic (exact) mass is 609 g/mol. The Balaban J connectivity index is 1.75. The lowest BCUT2D eigenvalue weighted by Gasteiger charge is -2.14. The summed E-state index contributed by atoms with van der Waals surface area (Å²) in [7, 11) is 1.49. The average Bonchev–Trinajstić information content (AvgIpc) is 2.84. The van der Waals surface area contributed by atoms with Gasteiger partial charge in [0.25, 0.3) is 11.8 Å². The summed E-state index contributed by atoms with van der Waals surface area (Å²) in [6.07, 6.45) is 1.49. The molecule has 3 aromatic rings. The maximum atomic E-state index is 12.8. The Morgan fingerprint density at radius 2 is 1.54 bits per heavy atom. The van der Waals surface area contributed by atoms with Gasteiger partial charge >= 0.3 is 0 Å². The standard InChI is InChI=1S/C29H28IN3O4/c1-17-6-8-24(19(3)10-17)32-27(34)16-37-28-23(30)13-21(14-26(28)36-5)12-22(15-31)29(35)33-25-9-7-18(2)11-20(25)4/h6-14H,16H2,1-5H3,(H,32,34)(H,33,35)/b22-12+. The number of halogens is 1. The number of anilines is 2. The van der Waals surface area contributed by atoms with E-state index in [1.54, 1.807) is 12.1 Å². The Morgan fingerprint density at radius 3 is 2.08 bits per heavy atom. The summed E-state index contributed by atoms with van der Waals surface area (Å²) in [5.74, 6) is -0.0331. The van der Waals surface area contributed by atoms with Gasteiger partial charge in [-0.2, -0.15) is 5.26 Å². The van der Waals surface area contributed by atoms with Crippen LogP contribution in [0.2, 0.25) is 0 Å². The second-order valence-electron chi connectivity index (χ2n) is 8.63. The SMILES string of the molecule is COc1cc(/C=C(\C#N)C(=O)Nc2ccc(C)cc2C)cc(I)c1OCC(=O)Nc1ccc(C)cc1C. The first-order chi connectivity index (χ1) is 17.6. The Labute approximate surface area is 230 Å². The highest BCUT2D eigenvalue weighted by molar-refractivity contribution is 14.1. The van der Waals surface area contributed by atoms with Crippen molar-refractivity contribution in [1.82, 2.24) is 0 Å². The van der Waals surface area contributed by atoms with Crippen LogP contribution in [0.15, 0.2) is 54.1 Å². The molecule has 190 valence electrons. The fraction of sp³-hybridized carbons (Fsp3) is 0.207. The van der Waals surface area contributed by atoms with E-state index in [-0.39, 0.29) is 18.1 Å². The minimum atomic E-state index is -0.508. The van der Waals surface area contributed by atoms with Crippen LogP contribution >= 0.6 is 22.6 Å². The lowest BCUT2D eigenvalue weighted by Crippen LogP contribution is -2.21. The number of nitrogens with zero attached hydrogens (tertiary/aromatic N) is 1. The molecule has 2 N–H and O–H groups in total. The van der Waals surface area contributed by atoms with E-state index >= 15 is 0 Å². The lowest BCUT2D eigenvalue weighted by atomic mass is 10.1. The van der Waals surface area contributed by atoms with Crippen molar-refractivity contribution in [3.05, 3.63) is 85.5 Å². The Kier molecular flexibility index (Phi) is 9.31. The summed E-state index contributed by atoms with van der Waals surface area (Å²) in [4.78, 5) is 25.2. The Hall–Kier alpha value is -3.84. The van der Waals surface area contributed by atoms with E-state index in [0.717, 1.165) is 27.9 Å². The Morgan fingerprint density at radius 1 is 0.946 bits per heavy atom. The first-order valence-corrected chi connectivity index (χ1v) is 12.6. The molecule has 0 heterocycles. The van der Waals surface area contributed by atoms with Crippen LogP contribution in [0, 0.1) is 42.6 Å². The van der Waals surface area contributed by atoms with Crippen molar-refractivity contribution in [2.75, 3.05) is 24.4 Å². The zero-order chi connectivity index (χ0) is 27.1. The summed E-state index contributed by atoms with van der Waals surface area (Å²) in [5, 5.41) is 15.3. The molecule has 0 aromatic heterocycles. The lowest BCUT2D eigenvalue weighted by molar-refractivity contribution is -0.118. The molecule has 3 aromatic carbocycles. The fourth-order valence-electron chi connectivity index (χ4n) is 3.70.